The molecule has 0 saturated heterocycles. The monoisotopic (exact) mass is 500 g/mol. The van der Waals surface area contributed by atoms with E-state index < -0.39 is 52.4 Å². The van der Waals surface area contributed by atoms with Crippen LogP contribution in [0.2, 0.25) is 0 Å². The van der Waals surface area contributed by atoms with Gasteiger partial charge in [-0.15, -0.1) is 0 Å². The van der Waals surface area contributed by atoms with E-state index in [1.54, 1.807) is 0 Å². The zero-order valence-electron chi connectivity index (χ0n) is 17.9. The molecular formula is C24H13F5N4O3. The Morgan fingerprint density at radius 1 is 0.611 bits per heavy atom. The lowest BCUT2D eigenvalue weighted by Gasteiger charge is -2.13. The van der Waals surface area contributed by atoms with Crippen LogP contribution < -0.4 is 15.4 Å². The second kappa shape index (κ2) is 10.2. The third-order valence-electron chi connectivity index (χ3n) is 4.70. The van der Waals surface area contributed by atoms with E-state index in [9.17, 15) is 31.5 Å². The number of ether oxygens (including phenoxy) is 1. The molecule has 4 aromatic rings. The number of benzene rings is 2. The van der Waals surface area contributed by atoms with E-state index in [1.807, 2.05) is 0 Å². The summed E-state index contributed by atoms with van der Waals surface area (Å²) < 4.78 is 73.9. The highest BCUT2D eigenvalue weighted by Gasteiger charge is 2.28. The summed E-state index contributed by atoms with van der Waals surface area (Å²) in [6, 6.07) is 9.00. The number of carbonyl (C=O) groups excluding carboxylic acids is 2. The number of rotatable bonds is 6. The van der Waals surface area contributed by atoms with Gasteiger partial charge in [-0.3, -0.25) is 19.6 Å². The van der Waals surface area contributed by atoms with Crippen LogP contribution in [-0.4, -0.2) is 21.8 Å². The third kappa shape index (κ3) is 5.12. The Morgan fingerprint density at radius 3 is 1.42 bits per heavy atom. The molecule has 0 unspecified atom stereocenters. The summed E-state index contributed by atoms with van der Waals surface area (Å²) in [4.78, 5) is 33.2. The predicted molar refractivity (Wildman–Crippen MR) is 117 cm³/mol. The molecule has 0 fully saturated rings. The first-order chi connectivity index (χ1) is 17.2. The summed E-state index contributed by atoms with van der Waals surface area (Å²) in [6.07, 6.45) is 5.63. The van der Waals surface area contributed by atoms with Gasteiger partial charge in [0, 0.05) is 47.3 Å². The van der Waals surface area contributed by atoms with Crippen molar-refractivity contribution in [3.8, 4) is 11.5 Å². The van der Waals surface area contributed by atoms with Gasteiger partial charge in [-0.05, 0) is 42.5 Å². The van der Waals surface area contributed by atoms with Crippen LogP contribution in [0.5, 0.6) is 11.5 Å². The van der Waals surface area contributed by atoms with Gasteiger partial charge in [0.05, 0.1) is 0 Å². The number of pyridine rings is 2. The second-order valence-corrected chi connectivity index (χ2v) is 7.13. The van der Waals surface area contributed by atoms with Crippen molar-refractivity contribution in [2.24, 2.45) is 0 Å². The molecule has 2 heterocycles. The number of halogens is 5. The molecule has 0 saturated carbocycles. The van der Waals surface area contributed by atoms with Crippen LogP contribution in [0.15, 0.2) is 67.3 Å². The van der Waals surface area contributed by atoms with Crippen molar-refractivity contribution in [1.29, 1.82) is 0 Å². The Kier molecular flexibility index (Phi) is 6.86. The molecule has 0 spiro atoms. The zero-order valence-corrected chi connectivity index (χ0v) is 17.9. The second-order valence-electron chi connectivity index (χ2n) is 7.13. The molecule has 0 radical (unpaired) electrons. The van der Waals surface area contributed by atoms with Gasteiger partial charge < -0.3 is 15.4 Å². The van der Waals surface area contributed by atoms with Crippen LogP contribution >= 0.6 is 0 Å². The van der Waals surface area contributed by atoms with E-state index in [4.69, 9.17) is 4.74 Å². The Morgan fingerprint density at radius 2 is 1.00 bits per heavy atom. The van der Waals surface area contributed by atoms with Crippen LogP contribution in [0, 0.1) is 29.1 Å². The topological polar surface area (TPSA) is 93.2 Å². The largest absolute Gasteiger partial charge is 0.451 e. The SMILES string of the molecule is O=C(Nc1ccncc1)c1cc(Oc2c(F)c(F)c(F)c(F)c2F)cc(C(=O)Nc2ccncc2)c1. The summed E-state index contributed by atoms with van der Waals surface area (Å²) in [5, 5.41) is 5.04. The molecule has 12 heteroatoms. The first-order valence-electron chi connectivity index (χ1n) is 10.0. The van der Waals surface area contributed by atoms with E-state index in [2.05, 4.69) is 20.6 Å². The Labute approximate surface area is 199 Å². The normalized spacial score (nSPS) is 10.6. The molecule has 4 rings (SSSR count). The zero-order chi connectivity index (χ0) is 25.8. The lowest BCUT2D eigenvalue weighted by molar-refractivity contribution is 0.102. The van der Waals surface area contributed by atoms with Crippen LogP contribution in [0.1, 0.15) is 20.7 Å². The van der Waals surface area contributed by atoms with E-state index in [0.29, 0.717) is 11.4 Å². The molecule has 0 aliphatic heterocycles. The first kappa shape index (κ1) is 24.3. The maximum atomic E-state index is 14.2. The van der Waals surface area contributed by atoms with Gasteiger partial charge in [0.2, 0.25) is 34.8 Å². The summed E-state index contributed by atoms with van der Waals surface area (Å²) in [6.45, 7) is 0. The lowest BCUT2D eigenvalue weighted by atomic mass is 10.1. The summed E-state index contributed by atoms with van der Waals surface area (Å²) in [5.74, 6) is -14.9. The maximum absolute atomic E-state index is 14.2. The fourth-order valence-electron chi connectivity index (χ4n) is 2.99. The van der Waals surface area contributed by atoms with Gasteiger partial charge in [0.15, 0.2) is 0 Å². The smallest absolute Gasteiger partial charge is 0.255 e. The molecule has 2 amide bonds. The molecule has 2 aromatic carbocycles. The van der Waals surface area contributed by atoms with Gasteiger partial charge in [0.25, 0.3) is 11.8 Å². The number of aromatic nitrogens is 2. The first-order valence-corrected chi connectivity index (χ1v) is 10.0. The van der Waals surface area contributed by atoms with Crippen molar-refractivity contribution >= 4 is 23.2 Å². The quantitative estimate of drug-likeness (QED) is 0.208. The fourth-order valence-corrected chi connectivity index (χ4v) is 2.99. The van der Waals surface area contributed by atoms with Gasteiger partial charge in [-0.1, -0.05) is 0 Å². The summed E-state index contributed by atoms with van der Waals surface area (Å²) >= 11 is 0. The number of anilines is 2. The summed E-state index contributed by atoms with van der Waals surface area (Å²) in [7, 11) is 0. The maximum Gasteiger partial charge on any atom is 0.255 e. The van der Waals surface area contributed by atoms with Crippen LogP contribution in [0.3, 0.4) is 0 Å². The molecule has 2 aromatic heterocycles. The molecule has 2 N–H and O–H groups in total. The van der Waals surface area contributed by atoms with Crippen molar-refractivity contribution in [3.63, 3.8) is 0 Å². The highest BCUT2D eigenvalue weighted by atomic mass is 19.2. The average molecular weight is 500 g/mol. The molecule has 0 atom stereocenters. The van der Waals surface area contributed by atoms with E-state index in [-0.39, 0.29) is 11.1 Å². The Balaban J connectivity index is 1.74. The molecule has 182 valence electrons. The minimum absolute atomic E-state index is 0.215. The minimum atomic E-state index is -2.36. The predicted octanol–water partition coefficient (Wildman–Crippen LogP) is 5.47. The number of hydrogen-bond donors (Lipinski definition) is 2. The van der Waals surface area contributed by atoms with Crippen LogP contribution in [0.25, 0.3) is 0 Å². The number of nitrogens with zero attached hydrogens (tertiary/aromatic N) is 2. The summed E-state index contributed by atoms with van der Waals surface area (Å²) in [5.41, 5.74) is 0.244. The van der Waals surface area contributed by atoms with Gasteiger partial charge in [-0.2, -0.15) is 8.78 Å². The van der Waals surface area contributed by atoms with E-state index in [0.717, 1.165) is 18.2 Å². The molecule has 0 aliphatic carbocycles. The number of amides is 2. The minimum Gasteiger partial charge on any atom is -0.451 e. The van der Waals surface area contributed by atoms with E-state index in [1.165, 1.54) is 49.1 Å². The Hall–Kier alpha value is -4.87. The molecule has 36 heavy (non-hydrogen) atoms. The fraction of sp³-hybridized carbons (Fsp3) is 0. The molecule has 0 aliphatic rings. The van der Waals surface area contributed by atoms with Crippen molar-refractivity contribution in [1.82, 2.24) is 9.97 Å². The van der Waals surface area contributed by atoms with Crippen LogP contribution in [0.4, 0.5) is 33.3 Å². The van der Waals surface area contributed by atoms with Gasteiger partial charge >= 0.3 is 0 Å². The third-order valence-corrected chi connectivity index (χ3v) is 4.70. The van der Waals surface area contributed by atoms with Crippen LogP contribution in [-0.2, 0) is 0 Å². The highest BCUT2D eigenvalue weighted by Crippen LogP contribution is 2.33. The van der Waals surface area contributed by atoms with Crippen molar-refractivity contribution < 1.29 is 36.3 Å². The molecule has 7 nitrogen and oxygen atoms in total. The lowest BCUT2D eigenvalue weighted by Crippen LogP contribution is -2.16. The molecule has 0 bridgehead atoms. The standard InChI is InChI=1S/C24H13F5N4O3/c25-17-18(26)20(28)22(21(29)19(17)27)36-16-10-12(23(34)32-14-1-5-30-6-2-14)9-13(11-16)24(35)33-15-3-7-31-8-4-15/h1-11H,(H,30,32,34)(H,31,33,35). The van der Waals surface area contributed by atoms with Crippen molar-refractivity contribution in [2.45, 2.75) is 0 Å². The average Bonchev–Trinajstić information content (AvgIpc) is 2.90. The van der Waals surface area contributed by atoms with Crippen molar-refractivity contribution in [2.75, 3.05) is 10.6 Å². The van der Waals surface area contributed by atoms with Gasteiger partial charge in [-0.25, -0.2) is 13.2 Å². The van der Waals surface area contributed by atoms with E-state index >= 15 is 0 Å². The number of carbonyl (C=O) groups is 2. The Bertz CT molecular complexity index is 1350. The van der Waals surface area contributed by atoms with Gasteiger partial charge in [0.1, 0.15) is 5.75 Å². The van der Waals surface area contributed by atoms with Crippen molar-refractivity contribution in [3.05, 3.63) is 107 Å². The number of nitrogens with one attached hydrogen (secondary N) is 2. The molecular weight excluding hydrogens is 487 g/mol. The number of hydrogen-bond acceptors (Lipinski definition) is 5. The highest BCUT2D eigenvalue weighted by molar-refractivity contribution is 6.09.